The highest BCUT2D eigenvalue weighted by Crippen LogP contribution is 2.27. The fourth-order valence-electron chi connectivity index (χ4n) is 2.41. The van der Waals surface area contributed by atoms with Crippen LogP contribution in [0.25, 0.3) is 0 Å². The van der Waals surface area contributed by atoms with Crippen LogP contribution in [0.1, 0.15) is 71.1 Å². The number of hydrogen-bond donors (Lipinski definition) is 4. The highest BCUT2D eigenvalue weighted by atomic mass is 33.1. The van der Waals surface area contributed by atoms with Crippen molar-refractivity contribution in [2.24, 2.45) is 11.5 Å². The smallest absolute Gasteiger partial charge is 0.332 e. The van der Waals surface area contributed by atoms with Gasteiger partial charge in [-0.3, -0.25) is 9.59 Å². The van der Waals surface area contributed by atoms with Crippen molar-refractivity contribution in [2.75, 3.05) is 11.5 Å². The molecule has 0 spiro atoms. The first-order chi connectivity index (χ1) is 12.8. The Morgan fingerprint density at radius 3 is 1.93 bits per heavy atom. The van der Waals surface area contributed by atoms with Gasteiger partial charge in [0.25, 0.3) is 0 Å². The van der Waals surface area contributed by atoms with Gasteiger partial charge in [0.2, 0.25) is 0 Å². The van der Waals surface area contributed by atoms with E-state index >= 15 is 0 Å². The zero-order chi connectivity index (χ0) is 20.7. The molecule has 0 aromatic rings. The van der Waals surface area contributed by atoms with Crippen LogP contribution in [0.15, 0.2) is 0 Å². The molecule has 0 aliphatic rings. The quantitative estimate of drug-likeness (QED) is 0.149. The number of nitrogens with two attached hydrogens (primary N) is 2. The fourth-order valence-corrected chi connectivity index (χ4v) is 4.88. The molecule has 158 valence electrons. The second-order valence-corrected chi connectivity index (χ2v) is 9.28. The Labute approximate surface area is 169 Å². The minimum absolute atomic E-state index is 0.113. The van der Waals surface area contributed by atoms with E-state index in [-0.39, 0.29) is 17.9 Å². The summed E-state index contributed by atoms with van der Waals surface area (Å²) >= 11 is 0. The first kappa shape index (κ1) is 26.2. The standard InChI is InChI=1S/C18H34N2O5S2/c1-2-3-4-5-6-7-8-9-10-11-15(21)18(20,17(24)25)13-27-26-12-14(19)16(22)23/h14H,2-13,19-20H2,1H3,(H,22,23)(H,24,25)/t14-,18?/m1/s1. The summed E-state index contributed by atoms with van der Waals surface area (Å²) in [5.41, 5.74) is 9.28. The van der Waals surface area contributed by atoms with Gasteiger partial charge in [0.05, 0.1) is 0 Å². The maximum Gasteiger partial charge on any atom is 0.332 e. The first-order valence-electron chi connectivity index (χ1n) is 9.54. The molecule has 0 fully saturated rings. The van der Waals surface area contributed by atoms with E-state index in [9.17, 15) is 19.5 Å². The molecule has 0 saturated heterocycles. The Kier molecular flexibility index (Phi) is 14.8. The summed E-state index contributed by atoms with van der Waals surface area (Å²) in [5, 5.41) is 18.1. The monoisotopic (exact) mass is 422 g/mol. The molecule has 27 heavy (non-hydrogen) atoms. The third-order valence-corrected chi connectivity index (χ3v) is 6.82. The summed E-state index contributed by atoms with van der Waals surface area (Å²) in [4.78, 5) is 34.4. The van der Waals surface area contributed by atoms with Gasteiger partial charge in [-0.2, -0.15) is 0 Å². The lowest BCUT2D eigenvalue weighted by Gasteiger charge is -2.22. The van der Waals surface area contributed by atoms with E-state index in [0.717, 1.165) is 40.9 Å². The lowest BCUT2D eigenvalue weighted by Crippen LogP contribution is -2.57. The summed E-state index contributed by atoms with van der Waals surface area (Å²) in [6.07, 6.45) is 10.1. The Balaban J connectivity index is 4.08. The number of Topliss-reactive ketones (excluding diaryl/α,β-unsaturated/α-hetero) is 1. The van der Waals surface area contributed by atoms with Crippen LogP contribution in [0.4, 0.5) is 0 Å². The summed E-state index contributed by atoms with van der Waals surface area (Å²) in [6, 6.07) is -1.03. The van der Waals surface area contributed by atoms with Gasteiger partial charge in [-0.15, -0.1) is 0 Å². The van der Waals surface area contributed by atoms with Crippen LogP contribution in [0.5, 0.6) is 0 Å². The Morgan fingerprint density at radius 1 is 0.926 bits per heavy atom. The van der Waals surface area contributed by atoms with E-state index in [1.54, 1.807) is 0 Å². The van der Waals surface area contributed by atoms with E-state index in [1.807, 2.05) is 0 Å². The number of carboxylic acids is 2. The van der Waals surface area contributed by atoms with Gasteiger partial charge < -0.3 is 21.7 Å². The molecule has 0 aliphatic heterocycles. The van der Waals surface area contributed by atoms with Crippen molar-refractivity contribution in [3.63, 3.8) is 0 Å². The molecule has 0 aromatic carbocycles. The molecule has 0 aromatic heterocycles. The summed E-state index contributed by atoms with van der Waals surface area (Å²) < 4.78 is 0. The van der Waals surface area contributed by atoms with Crippen LogP contribution in [0.3, 0.4) is 0 Å². The second kappa shape index (κ2) is 15.2. The maximum atomic E-state index is 12.3. The lowest BCUT2D eigenvalue weighted by atomic mass is 9.93. The van der Waals surface area contributed by atoms with Crippen molar-refractivity contribution in [3.8, 4) is 0 Å². The van der Waals surface area contributed by atoms with Gasteiger partial charge in [0, 0.05) is 17.9 Å². The molecule has 0 saturated carbocycles. The fraction of sp³-hybridized carbons (Fsp3) is 0.833. The van der Waals surface area contributed by atoms with Crippen LogP contribution in [-0.4, -0.2) is 51.0 Å². The normalized spacial score (nSPS) is 14.5. The van der Waals surface area contributed by atoms with Gasteiger partial charge in [-0.25, -0.2) is 4.79 Å². The SMILES string of the molecule is CCCCCCCCCCCC(=O)C(N)(CSSC[C@@H](N)C(=O)O)C(=O)O. The Morgan fingerprint density at radius 2 is 1.44 bits per heavy atom. The Hall–Kier alpha value is -0.770. The number of unbranched alkanes of at least 4 members (excludes halogenated alkanes) is 8. The molecule has 1 unspecified atom stereocenters. The molecule has 9 heteroatoms. The lowest BCUT2D eigenvalue weighted by molar-refractivity contribution is -0.147. The molecular formula is C18H34N2O5S2. The molecular weight excluding hydrogens is 388 g/mol. The zero-order valence-electron chi connectivity index (χ0n) is 16.2. The van der Waals surface area contributed by atoms with Crippen molar-refractivity contribution < 1.29 is 24.6 Å². The number of carbonyl (C=O) groups is 3. The number of rotatable bonds is 18. The summed E-state index contributed by atoms with van der Waals surface area (Å²) in [7, 11) is 2.18. The Bertz CT molecular complexity index is 465. The van der Waals surface area contributed by atoms with Crippen LogP contribution >= 0.6 is 21.6 Å². The van der Waals surface area contributed by atoms with Crippen molar-refractivity contribution in [3.05, 3.63) is 0 Å². The molecule has 6 N–H and O–H groups in total. The van der Waals surface area contributed by atoms with Crippen LogP contribution in [0.2, 0.25) is 0 Å². The van der Waals surface area contributed by atoms with Crippen LogP contribution in [0, 0.1) is 0 Å². The van der Waals surface area contributed by atoms with Gasteiger partial charge in [-0.05, 0) is 6.42 Å². The second-order valence-electron chi connectivity index (χ2n) is 6.77. The number of aliphatic carboxylic acids is 2. The van der Waals surface area contributed by atoms with Crippen LogP contribution < -0.4 is 11.5 Å². The van der Waals surface area contributed by atoms with Crippen LogP contribution in [-0.2, 0) is 14.4 Å². The van der Waals surface area contributed by atoms with Gasteiger partial charge in [0.1, 0.15) is 6.04 Å². The summed E-state index contributed by atoms with van der Waals surface area (Å²) in [5.74, 6) is -2.95. The largest absolute Gasteiger partial charge is 0.480 e. The van der Waals surface area contributed by atoms with Crippen molar-refractivity contribution >= 4 is 39.3 Å². The molecule has 0 amide bonds. The van der Waals surface area contributed by atoms with Crippen molar-refractivity contribution in [1.82, 2.24) is 0 Å². The molecule has 0 bridgehead atoms. The predicted molar refractivity (Wildman–Crippen MR) is 112 cm³/mol. The molecule has 0 radical (unpaired) electrons. The van der Waals surface area contributed by atoms with Gasteiger partial charge >= 0.3 is 11.9 Å². The van der Waals surface area contributed by atoms with E-state index in [0.29, 0.717) is 6.42 Å². The average Bonchev–Trinajstić information content (AvgIpc) is 2.62. The minimum Gasteiger partial charge on any atom is -0.480 e. The maximum absolute atomic E-state index is 12.3. The minimum atomic E-state index is -1.94. The molecule has 0 aliphatic carbocycles. The van der Waals surface area contributed by atoms with Crippen molar-refractivity contribution in [1.29, 1.82) is 0 Å². The molecule has 2 atom stereocenters. The predicted octanol–water partition coefficient (Wildman–Crippen LogP) is 3.05. The molecule has 0 heterocycles. The molecule has 0 rings (SSSR count). The van der Waals surface area contributed by atoms with Gasteiger partial charge in [0.15, 0.2) is 11.3 Å². The summed E-state index contributed by atoms with van der Waals surface area (Å²) in [6.45, 7) is 2.19. The third kappa shape index (κ3) is 11.6. The number of carbonyl (C=O) groups excluding carboxylic acids is 1. The van der Waals surface area contributed by atoms with Crippen molar-refractivity contribution in [2.45, 2.75) is 82.7 Å². The van der Waals surface area contributed by atoms with E-state index in [1.165, 1.54) is 32.1 Å². The molecule has 7 nitrogen and oxygen atoms in total. The highest BCUT2D eigenvalue weighted by Gasteiger charge is 2.41. The number of carboxylic acid groups (broad SMARTS) is 2. The van der Waals surface area contributed by atoms with E-state index in [2.05, 4.69) is 6.92 Å². The highest BCUT2D eigenvalue weighted by molar-refractivity contribution is 8.76. The van der Waals surface area contributed by atoms with E-state index < -0.39 is 29.3 Å². The third-order valence-electron chi connectivity index (χ3n) is 4.32. The topological polar surface area (TPSA) is 144 Å². The first-order valence-corrected chi connectivity index (χ1v) is 12.0. The number of hydrogen-bond acceptors (Lipinski definition) is 7. The number of ketones is 1. The van der Waals surface area contributed by atoms with E-state index in [4.69, 9.17) is 16.6 Å². The zero-order valence-corrected chi connectivity index (χ0v) is 17.8. The average molecular weight is 423 g/mol. The van der Waals surface area contributed by atoms with Gasteiger partial charge in [-0.1, -0.05) is 79.9 Å².